The van der Waals surface area contributed by atoms with E-state index in [4.69, 9.17) is 16.0 Å². The number of nitrogens with zero attached hydrogens (tertiary/aromatic N) is 3. The van der Waals surface area contributed by atoms with E-state index < -0.39 is 5.82 Å². The van der Waals surface area contributed by atoms with Crippen LogP contribution in [0.3, 0.4) is 0 Å². The van der Waals surface area contributed by atoms with E-state index in [2.05, 4.69) is 20.5 Å². The maximum Gasteiger partial charge on any atom is 0.243 e. The Bertz CT molecular complexity index is 879. The molecule has 3 rings (SSSR count). The molecule has 0 radical (unpaired) electrons. The van der Waals surface area contributed by atoms with Gasteiger partial charge in [-0.2, -0.15) is 0 Å². The lowest BCUT2D eigenvalue weighted by molar-refractivity contribution is -0.127. The molecule has 1 saturated heterocycles. The van der Waals surface area contributed by atoms with Crippen molar-refractivity contribution in [1.29, 1.82) is 0 Å². The maximum atomic E-state index is 13.4. The fraction of sp³-hybridized carbons (Fsp3) is 0.429. The molecule has 31 heavy (non-hydrogen) atoms. The average molecular weight is 564 g/mol. The number of guanidine groups is 1. The van der Waals surface area contributed by atoms with Crippen molar-refractivity contribution in [2.45, 2.75) is 18.9 Å². The Kier molecular flexibility index (Phi) is 9.89. The van der Waals surface area contributed by atoms with Gasteiger partial charge >= 0.3 is 0 Å². The first-order valence-corrected chi connectivity index (χ1v) is 10.3. The van der Waals surface area contributed by atoms with Crippen molar-refractivity contribution in [2.24, 2.45) is 4.99 Å². The fourth-order valence-electron chi connectivity index (χ4n) is 3.19. The molecule has 1 aromatic heterocycles. The number of carbonyl (C=O) groups is 1. The van der Waals surface area contributed by atoms with Gasteiger partial charge < -0.3 is 24.9 Å². The molecule has 1 aliphatic heterocycles. The van der Waals surface area contributed by atoms with Crippen LogP contribution in [-0.2, 0) is 11.2 Å². The van der Waals surface area contributed by atoms with Gasteiger partial charge in [-0.05, 0) is 36.8 Å². The molecule has 2 heterocycles. The Balaban J connectivity index is 0.00000341. The topological polar surface area (TPSA) is 73.1 Å². The number of nitrogens with one attached hydrogen (secondary N) is 2. The molecule has 1 atom stereocenters. The van der Waals surface area contributed by atoms with E-state index in [0.29, 0.717) is 18.9 Å². The van der Waals surface area contributed by atoms with Crippen LogP contribution < -0.4 is 15.5 Å². The summed E-state index contributed by atoms with van der Waals surface area (Å²) in [5.74, 6) is 0.971. The molecule has 1 aliphatic rings. The third-order valence-corrected chi connectivity index (χ3v) is 5.20. The van der Waals surface area contributed by atoms with E-state index in [-0.39, 0.29) is 47.5 Å². The average Bonchev–Trinajstić information content (AvgIpc) is 3.40. The highest BCUT2D eigenvalue weighted by Gasteiger charge is 2.24. The predicted molar refractivity (Wildman–Crippen MR) is 132 cm³/mol. The summed E-state index contributed by atoms with van der Waals surface area (Å²) in [5, 5.41) is 6.79. The highest BCUT2D eigenvalue weighted by molar-refractivity contribution is 14.0. The third-order valence-electron chi connectivity index (χ3n) is 4.91. The zero-order valence-electron chi connectivity index (χ0n) is 17.6. The molecule has 2 N–H and O–H groups in total. The van der Waals surface area contributed by atoms with Crippen molar-refractivity contribution < 1.29 is 13.6 Å². The number of benzene rings is 1. The standard InChI is InChI=1S/C21H27ClFN5O2.HI/c1-27(2)20(29)13-25-21(24-9-7-17-4-3-11-30-17)26-15-8-10-28(14-15)16-5-6-19(23)18(22)12-16;/h3-6,11-12,15H,7-10,13-14H2,1-2H3,(H2,24,25,26);1H. The van der Waals surface area contributed by atoms with Crippen molar-refractivity contribution in [2.75, 3.05) is 45.2 Å². The second kappa shape index (κ2) is 12.1. The van der Waals surface area contributed by atoms with Gasteiger partial charge in [-0.25, -0.2) is 9.38 Å². The highest BCUT2D eigenvalue weighted by atomic mass is 127. The first kappa shape index (κ1) is 25.3. The summed E-state index contributed by atoms with van der Waals surface area (Å²) >= 11 is 5.92. The Labute approximate surface area is 204 Å². The number of amides is 1. The van der Waals surface area contributed by atoms with Gasteiger partial charge in [0.25, 0.3) is 0 Å². The number of anilines is 1. The zero-order chi connectivity index (χ0) is 21.5. The van der Waals surface area contributed by atoms with Crippen LogP contribution in [-0.4, -0.2) is 63.1 Å². The van der Waals surface area contributed by atoms with Gasteiger partial charge in [-0.1, -0.05) is 11.6 Å². The van der Waals surface area contributed by atoms with Crippen LogP contribution in [0.4, 0.5) is 10.1 Å². The molecular weight excluding hydrogens is 536 g/mol. The molecule has 170 valence electrons. The quantitative estimate of drug-likeness (QED) is 0.308. The molecule has 7 nitrogen and oxygen atoms in total. The SMILES string of the molecule is CN(C)C(=O)CN=C(NCCc1ccco1)NC1CCN(c2ccc(F)c(Cl)c2)C1.I. The molecule has 0 saturated carbocycles. The van der Waals surface area contributed by atoms with Gasteiger partial charge in [0.15, 0.2) is 5.96 Å². The fourth-order valence-corrected chi connectivity index (χ4v) is 3.36. The summed E-state index contributed by atoms with van der Waals surface area (Å²) in [4.78, 5) is 20.0. The van der Waals surface area contributed by atoms with E-state index in [1.165, 1.54) is 11.0 Å². The molecule has 0 aliphatic carbocycles. The van der Waals surface area contributed by atoms with Gasteiger partial charge in [-0.3, -0.25) is 4.79 Å². The lowest BCUT2D eigenvalue weighted by Gasteiger charge is -2.21. The molecule has 1 fully saturated rings. The number of hydrogen-bond acceptors (Lipinski definition) is 4. The van der Waals surface area contributed by atoms with Crippen LogP contribution in [0.25, 0.3) is 0 Å². The minimum Gasteiger partial charge on any atom is -0.469 e. The first-order chi connectivity index (χ1) is 14.4. The van der Waals surface area contributed by atoms with Crippen LogP contribution in [0.2, 0.25) is 5.02 Å². The van der Waals surface area contributed by atoms with Crippen molar-refractivity contribution >= 4 is 53.1 Å². The lowest BCUT2D eigenvalue weighted by Crippen LogP contribution is -2.45. The molecule has 1 amide bonds. The van der Waals surface area contributed by atoms with Crippen molar-refractivity contribution in [1.82, 2.24) is 15.5 Å². The van der Waals surface area contributed by atoms with E-state index >= 15 is 0 Å². The number of carbonyl (C=O) groups excluding carboxylic acids is 1. The van der Waals surface area contributed by atoms with Crippen LogP contribution in [0.15, 0.2) is 46.0 Å². The smallest absolute Gasteiger partial charge is 0.243 e. The summed E-state index contributed by atoms with van der Waals surface area (Å²) < 4.78 is 18.8. The van der Waals surface area contributed by atoms with E-state index in [9.17, 15) is 9.18 Å². The number of likely N-dealkylation sites (N-methyl/N-ethyl adjacent to an activating group) is 1. The van der Waals surface area contributed by atoms with Crippen LogP contribution in [0.5, 0.6) is 0 Å². The molecule has 0 spiro atoms. The summed E-state index contributed by atoms with van der Waals surface area (Å²) in [7, 11) is 3.41. The molecular formula is C21H28ClFIN5O2. The van der Waals surface area contributed by atoms with Gasteiger partial charge in [0.1, 0.15) is 18.1 Å². The maximum absolute atomic E-state index is 13.4. The second-order valence-corrected chi connectivity index (χ2v) is 7.79. The molecule has 1 aromatic carbocycles. The summed E-state index contributed by atoms with van der Waals surface area (Å²) in [6, 6.07) is 8.67. The first-order valence-electron chi connectivity index (χ1n) is 9.90. The molecule has 2 aromatic rings. The monoisotopic (exact) mass is 563 g/mol. The summed E-state index contributed by atoms with van der Waals surface area (Å²) in [5.41, 5.74) is 0.887. The minimum atomic E-state index is -0.421. The largest absolute Gasteiger partial charge is 0.469 e. The van der Waals surface area contributed by atoms with Crippen LogP contribution >= 0.6 is 35.6 Å². The zero-order valence-corrected chi connectivity index (χ0v) is 20.7. The van der Waals surface area contributed by atoms with Gasteiger partial charge in [0, 0.05) is 51.9 Å². The number of hydrogen-bond donors (Lipinski definition) is 2. The molecule has 0 bridgehead atoms. The normalized spacial score (nSPS) is 16.1. The summed E-state index contributed by atoms with van der Waals surface area (Å²) in [6.07, 6.45) is 3.24. The number of aliphatic imine (C=N–C) groups is 1. The predicted octanol–water partition coefficient (Wildman–Crippen LogP) is 3.13. The van der Waals surface area contributed by atoms with E-state index in [0.717, 1.165) is 31.0 Å². The molecule has 10 heteroatoms. The Morgan fingerprint density at radius 3 is 2.87 bits per heavy atom. The Hall–Kier alpha value is -2.01. The lowest BCUT2D eigenvalue weighted by atomic mass is 10.2. The second-order valence-electron chi connectivity index (χ2n) is 7.38. The third kappa shape index (κ3) is 7.57. The highest BCUT2D eigenvalue weighted by Crippen LogP contribution is 2.25. The number of furan rings is 1. The minimum absolute atomic E-state index is 0. The van der Waals surface area contributed by atoms with Crippen molar-refractivity contribution in [3.63, 3.8) is 0 Å². The van der Waals surface area contributed by atoms with E-state index in [1.54, 1.807) is 32.5 Å². The Morgan fingerprint density at radius 2 is 2.19 bits per heavy atom. The van der Waals surface area contributed by atoms with E-state index in [1.807, 2.05) is 12.1 Å². The number of halogens is 3. The van der Waals surface area contributed by atoms with Crippen LogP contribution in [0.1, 0.15) is 12.2 Å². The van der Waals surface area contributed by atoms with Gasteiger partial charge in [0.2, 0.25) is 5.91 Å². The van der Waals surface area contributed by atoms with Gasteiger partial charge in [0.05, 0.1) is 11.3 Å². The van der Waals surface area contributed by atoms with Gasteiger partial charge in [-0.15, -0.1) is 24.0 Å². The van der Waals surface area contributed by atoms with Crippen molar-refractivity contribution in [3.8, 4) is 0 Å². The summed E-state index contributed by atoms with van der Waals surface area (Å²) in [6.45, 7) is 2.23. The van der Waals surface area contributed by atoms with Crippen molar-refractivity contribution in [3.05, 3.63) is 53.2 Å². The Morgan fingerprint density at radius 1 is 1.39 bits per heavy atom. The number of rotatable bonds is 7. The molecule has 1 unspecified atom stereocenters. The van der Waals surface area contributed by atoms with Crippen LogP contribution in [0, 0.1) is 5.82 Å².